The number of para-hydroxylation sites is 1. The molecule has 0 aliphatic rings. The van der Waals surface area contributed by atoms with E-state index in [1.165, 1.54) is 5.56 Å². The number of aryl methyl sites for hydroxylation is 1. The summed E-state index contributed by atoms with van der Waals surface area (Å²) in [5.41, 5.74) is 2.09. The van der Waals surface area contributed by atoms with E-state index >= 15 is 0 Å². The van der Waals surface area contributed by atoms with E-state index in [0.29, 0.717) is 13.2 Å². The van der Waals surface area contributed by atoms with Crippen LogP contribution in [0.1, 0.15) is 18.2 Å². The number of nitrogens with one attached hydrogen (secondary N) is 2. The first-order chi connectivity index (χ1) is 10.3. The zero-order chi connectivity index (χ0) is 15.1. The van der Waals surface area contributed by atoms with Gasteiger partial charge in [0.1, 0.15) is 11.3 Å². The van der Waals surface area contributed by atoms with Gasteiger partial charge in [0, 0.05) is 31.1 Å². The van der Waals surface area contributed by atoms with Crippen LogP contribution in [-0.4, -0.2) is 32.8 Å². The Balaban J connectivity index is 1.92. The maximum Gasteiger partial charge on any atom is 0.191 e. The maximum atomic E-state index is 5.87. The average molecular weight is 289 g/mol. The van der Waals surface area contributed by atoms with Crippen molar-refractivity contribution in [3.05, 3.63) is 35.6 Å². The Kier molecular flexibility index (Phi) is 5.63. The summed E-state index contributed by atoms with van der Waals surface area (Å²) in [5.74, 6) is 1.68. The molecule has 0 amide bonds. The van der Waals surface area contributed by atoms with E-state index in [-0.39, 0.29) is 0 Å². The van der Waals surface area contributed by atoms with Gasteiger partial charge in [-0.25, -0.2) is 0 Å². The fourth-order valence-corrected chi connectivity index (χ4v) is 2.16. The van der Waals surface area contributed by atoms with Gasteiger partial charge in [-0.2, -0.15) is 0 Å². The molecule has 1 aromatic heterocycles. The first-order valence-corrected chi connectivity index (χ1v) is 7.25. The average Bonchev–Trinajstić information content (AvgIpc) is 2.83. The zero-order valence-electron chi connectivity index (χ0n) is 12.9. The molecule has 114 valence electrons. The number of hydrogen-bond donors (Lipinski definition) is 2. The van der Waals surface area contributed by atoms with E-state index in [0.717, 1.165) is 35.8 Å². The lowest BCUT2D eigenvalue weighted by molar-refractivity contribution is 0.152. The SMILES string of the molecule is CCOCCNC(=NC)NCc1oc2ccccc2c1C. The molecular formula is C16H23N3O2. The van der Waals surface area contributed by atoms with Gasteiger partial charge in [-0.1, -0.05) is 18.2 Å². The first kappa shape index (κ1) is 15.4. The van der Waals surface area contributed by atoms with Crippen molar-refractivity contribution in [3.8, 4) is 0 Å². The molecule has 0 saturated carbocycles. The molecule has 5 nitrogen and oxygen atoms in total. The summed E-state index contributed by atoms with van der Waals surface area (Å²) in [5, 5.41) is 7.61. The Labute approximate surface area is 125 Å². The van der Waals surface area contributed by atoms with Crippen LogP contribution in [0.5, 0.6) is 0 Å². The van der Waals surface area contributed by atoms with Gasteiger partial charge in [0.2, 0.25) is 0 Å². The molecule has 0 atom stereocenters. The normalized spacial score (nSPS) is 11.9. The number of hydrogen-bond acceptors (Lipinski definition) is 3. The van der Waals surface area contributed by atoms with Crippen molar-refractivity contribution in [2.45, 2.75) is 20.4 Å². The monoisotopic (exact) mass is 289 g/mol. The predicted octanol–water partition coefficient (Wildman–Crippen LogP) is 2.44. The summed E-state index contributed by atoms with van der Waals surface area (Å²) >= 11 is 0. The Morgan fingerprint density at radius 3 is 2.81 bits per heavy atom. The number of furan rings is 1. The summed E-state index contributed by atoms with van der Waals surface area (Å²) in [7, 11) is 1.75. The molecular weight excluding hydrogens is 266 g/mol. The number of aliphatic imine (C=N–C) groups is 1. The van der Waals surface area contributed by atoms with Gasteiger partial charge in [-0.05, 0) is 19.9 Å². The highest BCUT2D eigenvalue weighted by molar-refractivity contribution is 5.82. The standard InChI is InChI=1S/C16H23N3O2/c1-4-20-10-9-18-16(17-3)19-11-15-12(2)13-7-5-6-8-14(13)21-15/h5-8H,4,9-11H2,1-3H3,(H2,17,18,19). The lowest BCUT2D eigenvalue weighted by Crippen LogP contribution is -2.38. The quantitative estimate of drug-likeness (QED) is 0.487. The molecule has 0 saturated heterocycles. The first-order valence-electron chi connectivity index (χ1n) is 7.25. The summed E-state index contributed by atoms with van der Waals surface area (Å²) in [6, 6.07) is 8.07. The summed E-state index contributed by atoms with van der Waals surface area (Å²) in [6.45, 7) is 6.79. The van der Waals surface area contributed by atoms with Gasteiger partial charge >= 0.3 is 0 Å². The van der Waals surface area contributed by atoms with Crippen molar-refractivity contribution in [2.24, 2.45) is 4.99 Å². The molecule has 1 aromatic carbocycles. The molecule has 21 heavy (non-hydrogen) atoms. The van der Waals surface area contributed by atoms with Crippen LogP contribution in [0.4, 0.5) is 0 Å². The van der Waals surface area contributed by atoms with Gasteiger partial charge in [-0.15, -0.1) is 0 Å². The lowest BCUT2D eigenvalue weighted by Gasteiger charge is -2.11. The molecule has 0 fully saturated rings. The van der Waals surface area contributed by atoms with Crippen LogP contribution in [0.2, 0.25) is 0 Å². The fourth-order valence-electron chi connectivity index (χ4n) is 2.16. The predicted molar refractivity (Wildman–Crippen MR) is 85.6 cm³/mol. The molecule has 0 radical (unpaired) electrons. The highest BCUT2D eigenvalue weighted by atomic mass is 16.5. The van der Waals surface area contributed by atoms with Crippen LogP contribution < -0.4 is 10.6 Å². The summed E-state index contributed by atoms with van der Waals surface area (Å²) in [6.07, 6.45) is 0. The van der Waals surface area contributed by atoms with Crippen LogP contribution in [0.25, 0.3) is 11.0 Å². The molecule has 0 aliphatic heterocycles. The van der Waals surface area contributed by atoms with E-state index in [2.05, 4.69) is 28.6 Å². The summed E-state index contributed by atoms with van der Waals surface area (Å²) in [4.78, 5) is 4.18. The fraction of sp³-hybridized carbons (Fsp3) is 0.438. The zero-order valence-corrected chi connectivity index (χ0v) is 12.9. The van der Waals surface area contributed by atoms with Crippen molar-refractivity contribution in [1.82, 2.24) is 10.6 Å². The van der Waals surface area contributed by atoms with E-state index in [1.807, 2.05) is 25.1 Å². The van der Waals surface area contributed by atoms with E-state index in [9.17, 15) is 0 Å². The van der Waals surface area contributed by atoms with Crippen LogP contribution in [-0.2, 0) is 11.3 Å². The minimum atomic E-state index is 0.606. The van der Waals surface area contributed by atoms with Crippen molar-refractivity contribution in [3.63, 3.8) is 0 Å². The largest absolute Gasteiger partial charge is 0.459 e. The summed E-state index contributed by atoms with van der Waals surface area (Å²) < 4.78 is 11.2. The Hall–Kier alpha value is -2.01. The van der Waals surface area contributed by atoms with Crippen molar-refractivity contribution in [2.75, 3.05) is 26.8 Å². The number of nitrogens with zero attached hydrogens (tertiary/aromatic N) is 1. The van der Waals surface area contributed by atoms with Crippen molar-refractivity contribution >= 4 is 16.9 Å². The highest BCUT2D eigenvalue weighted by Gasteiger charge is 2.09. The molecule has 0 aliphatic carbocycles. The third-order valence-electron chi connectivity index (χ3n) is 3.33. The molecule has 2 rings (SSSR count). The molecule has 2 N–H and O–H groups in total. The van der Waals surface area contributed by atoms with Gasteiger partial charge in [0.15, 0.2) is 5.96 Å². The van der Waals surface area contributed by atoms with Crippen LogP contribution in [0.3, 0.4) is 0 Å². The molecule has 2 aromatic rings. The highest BCUT2D eigenvalue weighted by Crippen LogP contribution is 2.24. The Morgan fingerprint density at radius 1 is 1.29 bits per heavy atom. The molecule has 0 bridgehead atoms. The third kappa shape index (κ3) is 3.98. The molecule has 1 heterocycles. The van der Waals surface area contributed by atoms with Crippen molar-refractivity contribution in [1.29, 1.82) is 0 Å². The maximum absolute atomic E-state index is 5.87. The van der Waals surface area contributed by atoms with Crippen LogP contribution in [0, 0.1) is 6.92 Å². The van der Waals surface area contributed by atoms with Gasteiger partial charge in [0.05, 0.1) is 13.2 Å². The smallest absolute Gasteiger partial charge is 0.191 e. The number of benzene rings is 1. The second-order valence-electron chi connectivity index (χ2n) is 4.70. The van der Waals surface area contributed by atoms with Gasteiger partial charge < -0.3 is 19.8 Å². The number of guanidine groups is 1. The van der Waals surface area contributed by atoms with Crippen LogP contribution >= 0.6 is 0 Å². The third-order valence-corrected chi connectivity index (χ3v) is 3.33. The lowest BCUT2D eigenvalue weighted by atomic mass is 10.1. The Bertz CT molecular complexity index is 605. The number of fused-ring (bicyclic) bond motifs is 1. The van der Waals surface area contributed by atoms with E-state index < -0.39 is 0 Å². The minimum absolute atomic E-state index is 0.606. The molecule has 0 spiro atoms. The Morgan fingerprint density at radius 2 is 2.10 bits per heavy atom. The van der Waals surface area contributed by atoms with E-state index in [4.69, 9.17) is 9.15 Å². The second kappa shape index (κ2) is 7.69. The number of ether oxygens (including phenoxy) is 1. The molecule has 0 unspecified atom stereocenters. The second-order valence-corrected chi connectivity index (χ2v) is 4.70. The van der Waals surface area contributed by atoms with Gasteiger partial charge in [-0.3, -0.25) is 4.99 Å². The van der Waals surface area contributed by atoms with Gasteiger partial charge in [0.25, 0.3) is 0 Å². The van der Waals surface area contributed by atoms with E-state index in [1.54, 1.807) is 7.05 Å². The number of rotatable bonds is 6. The topological polar surface area (TPSA) is 58.8 Å². The van der Waals surface area contributed by atoms with Crippen molar-refractivity contribution < 1.29 is 9.15 Å². The minimum Gasteiger partial charge on any atom is -0.459 e. The van der Waals surface area contributed by atoms with Crippen LogP contribution in [0.15, 0.2) is 33.7 Å². The molecule has 5 heteroatoms.